The van der Waals surface area contributed by atoms with E-state index >= 15 is 0 Å². The second-order valence-corrected chi connectivity index (χ2v) is 6.52. The highest BCUT2D eigenvalue weighted by Crippen LogP contribution is 2.18. The number of hydrogen-bond donors (Lipinski definition) is 1. The molecule has 0 radical (unpaired) electrons. The molecule has 26 heavy (non-hydrogen) atoms. The van der Waals surface area contributed by atoms with Crippen LogP contribution >= 0.6 is 11.8 Å². The third kappa shape index (κ3) is 3.57. The Morgan fingerprint density at radius 2 is 2.00 bits per heavy atom. The summed E-state index contributed by atoms with van der Waals surface area (Å²) in [4.78, 5) is 25.0. The number of carbonyl (C=O) groups excluding carboxylic acids is 1. The number of thioether (sulfide) groups is 1. The van der Waals surface area contributed by atoms with Gasteiger partial charge in [-0.2, -0.15) is 0 Å². The molecule has 2 aromatic heterocycles. The van der Waals surface area contributed by atoms with Crippen LogP contribution < -0.4 is 10.9 Å². The average molecular weight is 373 g/mol. The fourth-order valence-corrected chi connectivity index (χ4v) is 3.03. The number of carbonyl (C=O) groups is 1. The van der Waals surface area contributed by atoms with E-state index in [4.69, 9.17) is 4.42 Å². The summed E-state index contributed by atoms with van der Waals surface area (Å²) in [5.74, 6) is 0.291. The van der Waals surface area contributed by atoms with Gasteiger partial charge in [0.1, 0.15) is 5.69 Å². The molecule has 8 nitrogen and oxygen atoms in total. The van der Waals surface area contributed by atoms with Crippen molar-refractivity contribution in [2.24, 2.45) is 7.05 Å². The summed E-state index contributed by atoms with van der Waals surface area (Å²) < 4.78 is 8.58. The standard InChI is InChI=1S/C17H19N5O3S/c1-4-14-19-20-17(25-14)26-10-13(23)18-15-11(2)21(3)22(16(15)24)12-8-6-5-7-9-12/h5-9H,4,10H2,1-3H3,(H,18,23). The molecule has 2 heterocycles. The predicted octanol–water partition coefficient (Wildman–Crippen LogP) is 2.16. The zero-order valence-corrected chi connectivity index (χ0v) is 15.5. The van der Waals surface area contributed by atoms with Crippen LogP contribution in [0.2, 0.25) is 0 Å². The molecule has 0 bridgehead atoms. The predicted molar refractivity (Wildman–Crippen MR) is 98.8 cm³/mol. The summed E-state index contributed by atoms with van der Waals surface area (Å²) in [5.41, 5.74) is 1.39. The summed E-state index contributed by atoms with van der Waals surface area (Å²) in [5, 5.41) is 10.7. The summed E-state index contributed by atoms with van der Waals surface area (Å²) in [6.07, 6.45) is 0.641. The third-order valence-corrected chi connectivity index (χ3v) is 4.71. The molecular formula is C17H19N5O3S. The van der Waals surface area contributed by atoms with E-state index < -0.39 is 0 Å². The van der Waals surface area contributed by atoms with Crippen LogP contribution in [-0.4, -0.2) is 31.2 Å². The quantitative estimate of drug-likeness (QED) is 0.666. The number of aromatic nitrogens is 4. The third-order valence-electron chi connectivity index (χ3n) is 3.90. The van der Waals surface area contributed by atoms with Crippen LogP contribution in [0.15, 0.2) is 44.8 Å². The van der Waals surface area contributed by atoms with Crippen molar-refractivity contribution in [3.05, 3.63) is 52.3 Å². The second kappa shape index (κ2) is 7.61. The molecule has 3 aromatic rings. The number of nitrogens with zero attached hydrogens (tertiary/aromatic N) is 4. The molecule has 0 aliphatic carbocycles. The molecule has 0 fully saturated rings. The van der Waals surface area contributed by atoms with Crippen molar-refractivity contribution < 1.29 is 9.21 Å². The lowest BCUT2D eigenvalue weighted by atomic mass is 10.3. The molecule has 0 aliphatic heterocycles. The maximum absolute atomic E-state index is 12.7. The van der Waals surface area contributed by atoms with E-state index in [9.17, 15) is 9.59 Å². The Hall–Kier alpha value is -2.81. The van der Waals surface area contributed by atoms with E-state index in [1.807, 2.05) is 37.3 Å². The molecule has 0 saturated carbocycles. The van der Waals surface area contributed by atoms with E-state index in [0.29, 0.717) is 23.2 Å². The topological polar surface area (TPSA) is 95.0 Å². The van der Waals surface area contributed by atoms with Crippen molar-refractivity contribution in [2.75, 3.05) is 11.1 Å². The van der Waals surface area contributed by atoms with Gasteiger partial charge >= 0.3 is 0 Å². The highest BCUT2D eigenvalue weighted by atomic mass is 32.2. The molecule has 9 heteroatoms. The first-order valence-corrected chi connectivity index (χ1v) is 9.09. The molecular weight excluding hydrogens is 354 g/mol. The van der Waals surface area contributed by atoms with Gasteiger partial charge in [0.15, 0.2) is 0 Å². The Balaban J connectivity index is 1.75. The summed E-state index contributed by atoms with van der Waals surface area (Å²) in [6.45, 7) is 3.69. The zero-order valence-electron chi connectivity index (χ0n) is 14.7. The number of aryl methyl sites for hydroxylation is 1. The number of amides is 1. The van der Waals surface area contributed by atoms with E-state index in [1.54, 1.807) is 18.7 Å². The normalized spacial score (nSPS) is 10.9. The molecule has 0 spiro atoms. The fourth-order valence-electron chi connectivity index (χ4n) is 2.45. The van der Waals surface area contributed by atoms with Crippen molar-refractivity contribution in [2.45, 2.75) is 25.5 Å². The molecule has 0 atom stereocenters. The highest BCUT2D eigenvalue weighted by Gasteiger charge is 2.18. The van der Waals surface area contributed by atoms with Gasteiger partial charge in [-0.25, -0.2) is 4.68 Å². The van der Waals surface area contributed by atoms with Crippen LogP contribution in [-0.2, 0) is 18.3 Å². The van der Waals surface area contributed by atoms with Gasteiger partial charge in [0, 0.05) is 13.5 Å². The summed E-state index contributed by atoms with van der Waals surface area (Å²) >= 11 is 1.14. The molecule has 1 amide bonds. The summed E-state index contributed by atoms with van der Waals surface area (Å²) in [7, 11) is 1.78. The van der Waals surface area contributed by atoms with Gasteiger partial charge in [-0.15, -0.1) is 10.2 Å². The van der Waals surface area contributed by atoms with Gasteiger partial charge in [0.05, 0.1) is 17.1 Å². The molecule has 3 rings (SSSR count). The molecule has 1 N–H and O–H groups in total. The number of para-hydroxylation sites is 1. The van der Waals surface area contributed by atoms with Crippen molar-refractivity contribution in [3.63, 3.8) is 0 Å². The average Bonchev–Trinajstić information content (AvgIpc) is 3.20. The first kappa shape index (κ1) is 18.0. The van der Waals surface area contributed by atoms with Crippen LogP contribution in [0.1, 0.15) is 18.5 Å². The number of nitrogens with one attached hydrogen (secondary N) is 1. The van der Waals surface area contributed by atoms with E-state index in [0.717, 1.165) is 17.4 Å². The Morgan fingerprint density at radius 3 is 2.65 bits per heavy atom. The summed E-state index contributed by atoms with van der Waals surface area (Å²) in [6, 6.07) is 9.26. The minimum absolute atomic E-state index is 0.0739. The smallest absolute Gasteiger partial charge is 0.295 e. The second-order valence-electron chi connectivity index (χ2n) is 5.59. The van der Waals surface area contributed by atoms with Gasteiger partial charge < -0.3 is 9.73 Å². The molecule has 136 valence electrons. The number of anilines is 1. The number of benzene rings is 1. The van der Waals surface area contributed by atoms with E-state index in [2.05, 4.69) is 15.5 Å². The molecule has 0 saturated heterocycles. The maximum atomic E-state index is 12.7. The van der Waals surface area contributed by atoms with Crippen LogP contribution in [0.3, 0.4) is 0 Å². The van der Waals surface area contributed by atoms with E-state index in [-0.39, 0.29) is 22.9 Å². The zero-order chi connectivity index (χ0) is 18.7. The van der Waals surface area contributed by atoms with Crippen LogP contribution in [0.4, 0.5) is 5.69 Å². The van der Waals surface area contributed by atoms with Gasteiger partial charge in [-0.3, -0.25) is 14.3 Å². The largest absolute Gasteiger partial charge is 0.416 e. The minimum Gasteiger partial charge on any atom is -0.416 e. The molecule has 0 aliphatic rings. The Labute approximate surface area is 154 Å². The lowest BCUT2D eigenvalue weighted by molar-refractivity contribution is -0.113. The van der Waals surface area contributed by atoms with Crippen LogP contribution in [0.5, 0.6) is 0 Å². The Bertz CT molecular complexity index is 974. The fraction of sp³-hybridized carbons (Fsp3) is 0.294. The van der Waals surface area contributed by atoms with Crippen molar-refractivity contribution in [1.29, 1.82) is 0 Å². The van der Waals surface area contributed by atoms with Gasteiger partial charge in [-0.05, 0) is 19.1 Å². The SMILES string of the molecule is CCc1nnc(SCC(=O)Nc2c(C)n(C)n(-c3ccccc3)c2=O)o1. The first-order chi connectivity index (χ1) is 12.5. The molecule has 0 unspecified atom stereocenters. The van der Waals surface area contributed by atoms with Crippen molar-refractivity contribution in [3.8, 4) is 5.69 Å². The number of hydrogen-bond acceptors (Lipinski definition) is 6. The lowest BCUT2D eigenvalue weighted by Crippen LogP contribution is -2.23. The number of rotatable bonds is 6. The van der Waals surface area contributed by atoms with Crippen molar-refractivity contribution >= 4 is 23.4 Å². The van der Waals surface area contributed by atoms with E-state index in [1.165, 1.54) is 4.68 Å². The Kier molecular flexibility index (Phi) is 5.27. The lowest BCUT2D eigenvalue weighted by Gasteiger charge is -2.07. The Morgan fingerprint density at radius 1 is 1.27 bits per heavy atom. The minimum atomic E-state index is -0.308. The van der Waals surface area contributed by atoms with Gasteiger partial charge in [0.25, 0.3) is 10.8 Å². The highest BCUT2D eigenvalue weighted by molar-refractivity contribution is 7.99. The van der Waals surface area contributed by atoms with Gasteiger partial charge in [-0.1, -0.05) is 36.9 Å². The molecule has 1 aromatic carbocycles. The first-order valence-electron chi connectivity index (χ1n) is 8.10. The van der Waals surface area contributed by atoms with Crippen LogP contribution in [0.25, 0.3) is 5.69 Å². The van der Waals surface area contributed by atoms with Gasteiger partial charge in [0.2, 0.25) is 11.8 Å². The van der Waals surface area contributed by atoms with Crippen molar-refractivity contribution in [1.82, 2.24) is 19.6 Å². The maximum Gasteiger partial charge on any atom is 0.295 e. The monoisotopic (exact) mass is 373 g/mol. The van der Waals surface area contributed by atoms with Crippen LogP contribution in [0, 0.1) is 6.92 Å².